The number of aromatic nitrogens is 1. The van der Waals surface area contributed by atoms with E-state index in [0.29, 0.717) is 29.2 Å². The van der Waals surface area contributed by atoms with Gasteiger partial charge in [-0.3, -0.25) is 9.36 Å². The normalized spacial score (nSPS) is 15.9. The number of benzene rings is 2. The van der Waals surface area contributed by atoms with Gasteiger partial charge in [-0.15, -0.1) is 0 Å². The highest BCUT2D eigenvalue weighted by Gasteiger charge is 2.59. The summed E-state index contributed by atoms with van der Waals surface area (Å²) in [6.45, 7) is 5.61. The average Bonchev–Trinajstić information content (AvgIpc) is 3.51. The summed E-state index contributed by atoms with van der Waals surface area (Å²) in [6.07, 6.45) is 0.989. The number of carbonyl (C=O) groups excluding carboxylic acids is 1. The van der Waals surface area contributed by atoms with Gasteiger partial charge >= 0.3 is 5.97 Å². The lowest BCUT2D eigenvalue weighted by molar-refractivity contribution is 0.0526. The second kappa shape index (κ2) is 10.8. The molecule has 0 spiro atoms. The summed E-state index contributed by atoms with van der Waals surface area (Å²) in [5.74, 6) is -4.52. The van der Waals surface area contributed by atoms with Gasteiger partial charge in [-0.2, -0.15) is 0 Å². The molecule has 0 N–H and O–H groups in total. The van der Waals surface area contributed by atoms with Crippen molar-refractivity contribution in [1.29, 1.82) is 0 Å². The number of pyridine rings is 1. The fourth-order valence-electron chi connectivity index (χ4n) is 4.34. The van der Waals surface area contributed by atoms with Crippen LogP contribution in [0.3, 0.4) is 0 Å². The summed E-state index contributed by atoms with van der Waals surface area (Å²) < 4.78 is 41.0. The van der Waals surface area contributed by atoms with E-state index in [2.05, 4.69) is 4.99 Å². The van der Waals surface area contributed by atoms with Gasteiger partial charge in [0.05, 0.1) is 24.6 Å². The van der Waals surface area contributed by atoms with E-state index in [1.807, 2.05) is 30.3 Å². The molecule has 4 rings (SSSR count). The van der Waals surface area contributed by atoms with Gasteiger partial charge in [0.15, 0.2) is 5.82 Å². The Balaban J connectivity index is 1.96. The van der Waals surface area contributed by atoms with Crippen LogP contribution in [0.1, 0.15) is 51.9 Å². The lowest BCUT2D eigenvalue weighted by atomic mass is 10.0. The molecule has 9 heteroatoms. The third-order valence-electron chi connectivity index (χ3n) is 6.35. The molecule has 3 aromatic rings. The molecule has 200 valence electrons. The second-order valence-corrected chi connectivity index (χ2v) is 9.55. The summed E-state index contributed by atoms with van der Waals surface area (Å²) in [7, 11) is 3.48. The minimum Gasteiger partial charge on any atom is -0.489 e. The first-order chi connectivity index (χ1) is 18.0. The third kappa shape index (κ3) is 5.46. The molecule has 1 unspecified atom stereocenters. The maximum Gasteiger partial charge on any atom is 0.341 e. The van der Waals surface area contributed by atoms with E-state index in [1.54, 1.807) is 51.9 Å². The van der Waals surface area contributed by atoms with Gasteiger partial charge < -0.3 is 14.4 Å². The molecule has 1 heterocycles. The van der Waals surface area contributed by atoms with Crippen molar-refractivity contribution in [3.05, 3.63) is 86.7 Å². The second-order valence-electron chi connectivity index (χ2n) is 9.55. The molecule has 0 saturated heterocycles. The smallest absolute Gasteiger partial charge is 0.341 e. The van der Waals surface area contributed by atoms with Crippen LogP contribution in [0.15, 0.2) is 58.3 Å². The standard InChI is InChI=1S/C29H31F2N3O4/c1-6-37-28(36)22-14-21(23-15-29(23,30)31)27(35)34(26(22)32-17-33(4)5)25-18(2)12-13-24(19(25)3)38-16-20-10-8-7-9-11-20/h7-14,17,23H,6,15-16H2,1-5H3/b32-17+. The SMILES string of the molecule is CCOC(=O)c1cc(C2CC2(F)F)c(=O)n(-c2c(C)ccc(OCc3ccccc3)c2C)c1/N=C/N(C)C. The van der Waals surface area contributed by atoms with Gasteiger partial charge in [0.1, 0.15) is 17.9 Å². The van der Waals surface area contributed by atoms with Crippen molar-refractivity contribution in [2.75, 3.05) is 20.7 Å². The van der Waals surface area contributed by atoms with Crippen LogP contribution in [0.4, 0.5) is 14.6 Å². The fourth-order valence-corrected chi connectivity index (χ4v) is 4.34. The monoisotopic (exact) mass is 523 g/mol. The van der Waals surface area contributed by atoms with Crippen LogP contribution in [0, 0.1) is 13.8 Å². The van der Waals surface area contributed by atoms with Gasteiger partial charge in [-0.25, -0.2) is 18.6 Å². The number of rotatable bonds is 9. The predicted octanol–water partition coefficient (Wildman–Crippen LogP) is 5.55. The van der Waals surface area contributed by atoms with E-state index in [0.717, 1.165) is 5.56 Å². The summed E-state index contributed by atoms with van der Waals surface area (Å²) >= 11 is 0. The molecule has 1 saturated carbocycles. The van der Waals surface area contributed by atoms with Crippen LogP contribution in [-0.4, -0.2) is 48.4 Å². The van der Waals surface area contributed by atoms with Crippen molar-refractivity contribution in [1.82, 2.24) is 9.47 Å². The Morgan fingerprint density at radius 3 is 2.47 bits per heavy atom. The number of nitrogens with zero attached hydrogens (tertiary/aromatic N) is 3. The molecule has 1 atom stereocenters. The quantitative estimate of drug-likeness (QED) is 0.209. The molecule has 1 aromatic heterocycles. The first kappa shape index (κ1) is 27.0. The molecule has 1 aliphatic rings. The molecule has 0 bridgehead atoms. The number of aliphatic imine (C=N–C) groups is 1. The van der Waals surface area contributed by atoms with Gasteiger partial charge in [-0.05, 0) is 44.0 Å². The van der Waals surface area contributed by atoms with Gasteiger partial charge in [-0.1, -0.05) is 36.4 Å². The average molecular weight is 524 g/mol. The first-order valence-corrected chi connectivity index (χ1v) is 12.4. The minimum atomic E-state index is -3.01. The largest absolute Gasteiger partial charge is 0.489 e. The molecule has 0 aliphatic heterocycles. The number of aryl methyl sites for hydroxylation is 1. The maximum absolute atomic E-state index is 14.2. The first-order valence-electron chi connectivity index (χ1n) is 12.4. The van der Waals surface area contributed by atoms with E-state index >= 15 is 0 Å². The van der Waals surface area contributed by atoms with Gasteiger partial charge in [0, 0.05) is 31.6 Å². The van der Waals surface area contributed by atoms with Crippen molar-refractivity contribution in [3.8, 4) is 11.4 Å². The highest BCUT2D eigenvalue weighted by molar-refractivity contribution is 5.95. The van der Waals surface area contributed by atoms with Gasteiger partial charge in [0.2, 0.25) is 0 Å². The Hall–Kier alpha value is -4.01. The molecular formula is C29H31F2N3O4. The molecule has 1 fully saturated rings. The highest BCUT2D eigenvalue weighted by Crippen LogP contribution is 2.55. The van der Waals surface area contributed by atoms with E-state index in [4.69, 9.17) is 9.47 Å². The predicted molar refractivity (Wildman–Crippen MR) is 142 cm³/mol. The topological polar surface area (TPSA) is 73.1 Å². The number of esters is 1. The van der Waals surface area contributed by atoms with Crippen LogP contribution in [0.25, 0.3) is 5.69 Å². The van der Waals surface area contributed by atoms with Crippen LogP contribution >= 0.6 is 0 Å². The van der Waals surface area contributed by atoms with Gasteiger partial charge in [0.25, 0.3) is 11.5 Å². The van der Waals surface area contributed by atoms with E-state index in [9.17, 15) is 18.4 Å². The number of hydrogen-bond acceptors (Lipinski definition) is 5. The number of ether oxygens (including phenoxy) is 2. The van der Waals surface area contributed by atoms with Crippen molar-refractivity contribution < 1.29 is 23.0 Å². The number of halogens is 2. The lowest BCUT2D eigenvalue weighted by Gasteiger charge is -2.21. The number of carbonyl (C=O) groups is 1. The minimum absolute atomic E-state index is 0.00118. The Bertz CT molecular complexity index is 1430. The molecule has 1 aliphatic carbocycles. The Kier molecular flexibility index (Phi) is 7.66. The highest BCUT2D eigenvalue weighted by atomic mass is 19.3. The summed E-state index contributed by atoms with van der Waals surface area (Å²) in [5, 5.41) is 0. The van der Waals surface area contributed by atoms with E-state index in [-0.39, 0.29) is 23.6 Å². The summed E-state index contributed by atoms with van der Waals surface area (Å²) in [6, 6.07) is 14.4. The fraction of sp³-hybridized carbons (Fsp3) is 0.345. The van der Waals surface area contributed by atoms with Crippen molar-refractivity contribution in [2.45, 2.75) is 45.6 Å². The Morgan fingerprint density at radius 2 is 1.87 bits per heavy atom. The molecule has 2 aromatic carbocycles. The lowest BCUT2D eigenvalue weighted by Crippen LogP contribution is -2.27. The number of hydrogen-bond donors (Lipinski definition) is 0. The molecule has 0 amide bonds. The third-order valence-corrected chi connectivity index (χ3v) is 6.35. The number of alkyl halides is 2. The van der Waals surface area contributed by atoms with Crippen LogP contribution in [0.5, 0.6) is 5.75 Å². The van der Waals surface area contributed by atoms with Crippen molar-refractivity contribution >= 4 is 18.1 Å². The molecule has 0 radical (unpaired) electrons. The zero-order valence-corrected chi connectivity index (χ0v) is 22.1. The van der Waals surface area contributed by atoms with E-state index < -0.39 is 29.8 Å². The van der Waals surface area contributed by atoms with Crippen LogP contribution in [-0.2, 0) is 11.3 Å². The van der Waals surface area contributed by atoms with Crippen molar-refractivity contribution in [3.63, 3.8) is 0 Å². The van der Waals surface area contributed by atoms with Crippen LogP contribution < -0.4 is 10.3 Å². The Labute approximate surface area is 220 Å². The zero-order valence-electron chi connectivity index (χ0n) is 22.1. The molecule has 38 heavy (non-hydrogen) atoms. The summed E-state index contributed by atoms with van der Waals surface area (Å²) in [4.78, 5) is 33.0. The molecule has 7 nitrogen and oxygen atoms in total. The van der Waals surface area contributed by atoms with E-state index in [1.165, 1.54) is 17.0 Å². The van der Waals surface area contributed by atoms with Crippen LogP contribution in [0.2, 0.25) is 0 Å². The van der Waals surface area contributed by atoms with Crippen molar-refractivity contribution in [2.24, 2.45) is 4.99 Å². The molecular weight excluding hydrogens is 492 g/mol. The Morgan fingerprint density at radius 1 is 1.18 bits per heavy atom. The summed E-state index contributed by atoms with van der Waals surface area (Å²) in [5.41, 5.74) is 1.82. The maximum atomic E-state index is 14.2. The zero-order chi connectivity index (χ0) is 27.6.